The van der Waals surface area contributed by atoms with Gasteiger partial charge in [-0.3, -0.25) is 4.79 Å². The third-order valence-electron chi connectivity index (χ3n) is 4.03. The Labute approximate surface area is 149 Å². The lowest BCUT2D eigenvalue weighted by Crippen LogP contribution is -2.37. The van der Waals surface area contributed by atoms with E-state index in [9.17, 15) is 14.0 Å². The monoisotopic (exact) mass is 359 g/mol. The average Bonchev–Trinajstić information content (AvgIpc) is 2.60. The molecule has 0 bridgehead atoms. The fourth-order valence-electron chi connectivity index (χ4n) is 2.66. The molecule has 0 fully saturated rings. The lowest BCUT2D eigenvalue weighted by atomic mass is 9.98. The molecule has 1 aromatic heterocycles. The molecule has 0 saturated carbocycles. The summed E-state index contributed by atoms with van der Waals surface area (Å²) in [5.41, 5.74) is 1.58. The summed E-state index contributed by atoms with van der Waals surface area (Å²) in [6.45, 7) is 3.60. The molecule has 2 aromatic rings. The van der Waals surface area contributed by atoms with Crippen molar-refractivity contribution in [2.24, 2.45) is 0 Å². The highest BCUT2D eigenvalue weighted by atomic mass is 19.1. The van der Waals surface area contributed by atoms with Crippen LogP contribution in [0.3, 0.4) is 0 Å². The molecular formula is C19H18FNO5. The summed E-state index contributed by atoms with van der Waals surface area (Å²) in [6, 6.07) is 5.32. The molecule has 7 heteroatoms. The number of esters is 1. The molecule has 136 valence electrons. The molecule has 2 heterocycles. The topological polar surface area (TPSA) is 74.7 Å². The Morgan fingerprint density at radius 1 is 1.27 bits per heavy atom. The molecule has 1 aromatic carbocycles. The van der Waals surface area contributed by atoms with E-state index >= 15 is 0 Å². The van der Waals surface area contributed by atoms with E-state index in [1.807, 2.05) is 0 Å². The van der Waals surface area contributed by atoms with Gasteiger partial charge in [0, 0.05) is 37.6 Å². The van der Waals surface area contributed by atoms with Crippen LogP contribution < -0.4 is 4.74 Å². The van der Waals surface area contributed by atoms with Crippen molar-refractivity contribution in [2.45, 2.75) is 32.7 Å². The van der Waals surface area contributed by atoms with E-state index < -0.39 is 17.6 Å². The Morgan fingerprint density at radius 3 is 2.62 bits per heavy atom. The Kier molecular flexibility index (Phi) is 4.73. The molecule has 0 aliphatic carbocycles. The van der Waals surface area contributed by atoms with Crippen molar-refractivity contribution >= 4 is 11.8 Å². The second kappa shape index (κ2) is 6.84. The SMILES string of the molecule is COC(=O)c1ncc(CC(=O)c2ccc(F)cc2)c2c1OC(C)(C)OC2. The maximum absolute atomic E-state index is 13.0. The Morgan fingerprint density at radius 2 is 1.96 bits per heavy atom. The van der Waals surface area contributed by atoms with Crippen molar-refractivity contribution in [3.05, 3.63) is 58.7 Å². The highest BCUT2D eigenvalue weighted by Crippen LogP contribution is 2.36. The van der Waals surface area contributed by atoms with Gasteiger partial charge in [0.15, 0.2) is 17.2 Å². The zero-order chi connectivity index (χ0) is 18.9. The summed E-state index contributed by atoms with van der Waals surface area (Å²) in [6.07, 6.45) is 1.47. The number of benzene rings is 1. The van der Waals surface area contributed by atoms with Gasteiger partial charge < -0.3 is 14.2 Å². The van der Waals surface area contributed by atoms with E-state index in [-0.39, 0.29) is 30.3 Å². The van der Waals surface area contributed by atoms with Crippen molar-refractivity contribution in [1.29, 1.82) is 0 Å². The molecule has 3 rings (SSSR count). The largest absolute Gasteiger partial charge is 0.464 e. The molecule has 0 amide bonds. The normalized spacial score (nSPS) is 14.9. The molecule has 0 unspecified atom stereocenters. The van der Waals surface area contributed by atoms with Crippen molar-refractivity contribution < 1.29 is 28.2 Å². The van der Waals surface area contributed by atoms with Crippen LogP contribution in [0.2, 0.25) is 0 Å². The second-order valence-corrected chi connectivity index (χ2v) is 6.33. The lowest BCUT2D eigenvalue weighted by molar-refractivity contribution is -0.180. The van der Waals surface area contributed by atoms with Gasteiger partial charge in [0.25, 0.3) is 0 Å². The van der Waals surface area contributed by atoms with E-state index in [0.717, 1.165) is 0 Å². The number of rotatable bonds is 4. The lowest BCUT2D eigenvalue weighted by Gasteiger charge is -2.34. The van der Waals surface area contributed by atoms with Crippen LogP contribution in [-0.2, 0) is 22.5 Å². The van der Waals surface area contributed by atoms with E-state index in [1.165, 1.54) is 37.6 Å². The van der Waals surface area contributed by atoms with Crippen LogP contribution in [0.25, 0.3) is 0 Å². The van der Waals surface area contributed by atoms with Crippen LogP contribution in [0, 0.1) is 5.82 Å². The molecule has 0 N–H and O–H groups in total. The quantitative estimate of drug-likeness (QED) is 0.617. The molecule has 1 aliphatic heterocycles. The van der Waals surface area contributed by atoms with E-state index in [2.05, 4.69) is 4.98 Å². The highest BCUT2D eigenvalue weighted by Gasteiger charge is 2.34. The third-order valence-corrected chi connectivity index (χ3v) is 4.03. The number of pyridine rings is 1. The summed E-state index contributed by atoms with van der Waals surface area (Å²) in [5, 5.41) is 0. The van der Waals surface area contributed by atoms with Crippen LogP contribution in [0.4, 0.5) is 4.39 Å². The number of ketones is 1. The molecule has 0 radical (unpaired) electrons. The van der Waals surface area contributed by atoms with Crippen molar-refractivity contribution in [1.82, 2.24) is 4.98 Å². The second-order valence-electron chi connectivity index (χ2n) is 6.33. The van der Waals surface area contributed by atoms with Gasteiger partial charge in [0.05, 0.1) is 13.7 Å². The van der Waals surface area contributed by atoms with Crippen LogP contribution in [0.1, 0.15) is 45.8 Å². The number of halogens is 1. The van der Waals surface area contributed by atoms with Gasteiger partial charge in [-0.2, -0.15) is 0 Å². The van der Waals surface area contributed by atoms with Gasteiger partial charge >= 0.3 is 5.97 Å². The van der Waals surface area contributed by atoms with Gasteiger partial charge in [0.2, 0.25) is 5.79 Å². The summed E-state index contributed by atoms with van der Waals surface area (Å²) >= 11 is 0. The van der Waals surface area contributed by atoms with Gasteiger partial charge in [-0.25, -0.2) is 14.2 Å². The Balaban J connectivity index is 1.97. The van der Waals surface area contributed by atoms with Crippen molar-refractivity contribution in [3.8, 4) is 5.75 Å². The molecule has 26 heavy (non-hydrogen) atoms. The minimum Gasteiger partial charge on any atom is -0.464 e. The highest BCUT2D eigenvalue weighted by molar-refractivity contribution is 5.98. The van der Waals surface area contributed by atoms with Gasteiger partial charge in [-0.1, -0.05) is 0 Å². The standard InChI is InChI=1S/C19H18FNO5/c1-19(2)25-10-14-12(8-15(22)11-4-6-13(20)7-5-11)9-21-16(17(14)26-19)18(23)24-3/h4-7,9H,8,10H2,1-3H3. The predicted octanol–water partition coefficient (Wildman–Crippen LogP) is 3.08. The number of carbonyl (C=O) groups is 2. The predicted molar refractivity (Wildman–Crippen MR) is 89.5 cm³/mol. The van der Waals surface area contributed by atoms with Gasteiger partial charge in [-0.15, -0.1) is 0 Å². The van der Waals surface area contributed by atoms with Crippen LogP contribution in [-0.4, -0.2) is 29.6 Å². The maximum atomic E-state index is 13.0. The minimum absolute atomic E-state index is 0.0234. The van der Waals surface area contributed by atoms with Crippen molar-refractivity contribution in [2.75, 3.05) is 7.11 Å². The molecular weight excluding hydrogens is 341 g/mol. The van der Waals surface area contributed by atoms with E-state index in [4.69, 9.17) is 14.2 Å². The van der Waals surface area contributed by atoms with Crippen molar-refractivity contribution in [3.63, 3.8) is 0 Å². The van der Waals surface area contributed by atoms with Crippen LogP contribution >= 0.6 is 0 Å². The first-order valence-corrected chi connectivity index (χ1v) is 8.01. The fraction of sp³-hybridized carbons (Fsp3) is 0.316. The summed E-state index contributed by atoms with van der Waals surface area (Å²) in [5.74, 6) is -1.92. The Hall–Kier alpha value is -2.80. The minimum atomic E-state index is -0.933. The third kappa shape index (κ3) is 3.57. The zero-order valence-corrected chi connectivity index (χ0v) is 14.7. The summed E-state index contributed by atoms with van der Waals surface area (Å²) < 4.78 is 29.2. The molecule has 0 spiro atoms. The number of ether oxygens (including phenoxy) is 3. The smallest absolute Gasteiger partial charge is 0.360 e. The van der Waals surface area contributed by atoms with Crippen LogP contribution in [0.5, 0.6) is 5.75 Å². The molecule has 0 atom stereocenters. The van der Waals surface area contributed by atoms with Gasteiger partial charge in [0.1, 0.15) is 5.82 Å². The number of methoxy groups -OCH3 is 1. The van der Waals surface area contributed by atoms with Gasteiger partial charge in [-0.05, 0) is 29.8 Å². The van der Waals surface area contributed by atoms with Crippen LogP contribution in [0.15, 0.2) is 30.5 Å². The van der Waals surface area contributed by atoms with E-state index in [1.54, 1.807) is 13.8 Å². The number of carbonyl (C=O) groups excluding carboxylic acids is 2. The summed E-state index contributed by atoms with van der Waals surface area (Å²) in [7, 11) is 1.26. The number of fused-ring (bicyclic) bond motifs is 1. The maximum Gasteiger partial charge on any atom is 0.360 e. The number of hydrogen-bond donors (Lipinski definition) is 0. The molecule has 1 aliphatic rings. The Bertz CT molecular complexity index is 861. The average molecular weight is 359 g/mol. The summed E-state index contributed by atoms with van der Waals surface area (Å²) in [4.78, 5) is 28.6. The first kappa shape index (κ1) is 18.0. The zero-order valence-electron chi connectivity index (χ0n) is 14.7. The fourth-order valence-corrected chi connectivity index (χ4v) is 2.66. The first-order valence-electron chi connectivity index (χ1n) is 8.01. The van der Waals surface area contributed by atoms with E-state index in [0.29, 0.717) is 16.7 Å². The number of hydrogen-bond acceptors (Lipinski definition) is 6. The first-order chi connectivity index (χ1) is 12.3. The number of nitrogens with zero attached hydrogens (tertiary/aromatic N) is 1. The molecule has 6 nitrogen and oxygen atoms in total. The number of Topliss-reactive ketones (excluding diaryl/α,β-unsaturated/α-hetero) is 1. The molecule has 0 saturated heterocycles. The number of aromatic nitrogens is 1.